The van der Waals surface area contributed by atoms with Crippen molar-refractivity contribution in [2.24, 2.45) is 0 Å². The van der Waals surface area contributed by atoms with Crippen LogP contribution in [0.25, 0.3) is 73.0 Å². The lowest BCUT2D eigenvalue weighted by molar-refractivity contribution is 0.566. The molecule has 8 aromatic rings. The second-order valence-corrected chi connectivity index (χ2v) is 13.9. The van der Waals surface area contributed by atoms with Gasteiger partial charge in [0.1, 0.15) is 16.6 Å². The zero-order valence-electron chi connectivity index (χ0n) is 27.6. The van der Waals surface area contributed by atoms with E-state index < -0.39 is 0 Å². The topological polar surface area (TPSA) is 30.4 Å². The van der Waals surface area contributed by atoms with Crippen LogP contribution in [0.4, 0.5) is 0 Å². The van der Waals surface area contributed by atoms with Crippen molar-refractivity contribution < 1.29 is 4.42 Å². The second kappa shape index (κ2) is 10.5. The van der Waals surface area contributed by atoms with Gasteiger partial charge in [-0.3, -0.25) is 4.40 Å². The minimum absolute atomic E-state index is 0.0639. The van der Waals surface area contributed by atoms with Gasteiger partial charge in [-0.2, -0.15) is 0 Å². The minimum Gasteiger partial charge on any atom is -0.456 e. The Hall–Kier alpha value is -5.93. The first kappa shape index (κ1) is 28.1. The molecule has 0 spiro atoms. The number of aromatic nitrogens is 2. The van der Waals surface area contributed by atoms with Crippen LogP contribution in [0.2, 0.25) is 0 Å². The lowest BCUT2D eigenvalue weighted by Gasteiger charge is -2.21. The molecule has 0 fully saturated rings. The van der Waals surface area contributed by atoms with Crippen LogP contribution < -0.4 is 10.6 Å². The van der Waals surface area contributed by atoms with E-state index >= 15 is 0 Å². The molecule has 0 saturated carbocycles. The van der Waals surface area contributed by atoms with Gasteiger partial charge in [-0.1, -0.05) is 123 Å². The maximum absolute atomic E-state index is 6.83. The summed E-state index contributed by atoms with van der Waals surface area (Å²) in [6.45, 7) is 4.65. The molecule has 0 radical (unpaired) electrons. The summed E-state index contributed by atoms with van der Waals surface area (Å²) in [5.41, 5.74) is 17.4. The molecular weight excluding hydrogens is 597 g/mol. The van der Waals surface area contributed by atoms with Gasteiger partial charge in [0.2, 0.25) is 0 Å². The first-order valence-corrected chi connectivity index (χ1v) is 17.2. The fourth-order valence-corrected chi connectivity index (χ4v) is 8.26. The summed E-state index contributed by atoms with van der Waals surface area (Å²) in [6.07, 6.45) is 6.40. The summed E-state index contributed by atoms with van der Waals surface area (Å²) >= 11 is 0. The molecule has 0 saturated heterocycles. The molecule has 234 valence electrons. The highest BCUT2D eigenvalue weighted by atomic mass is 16.3. The molecule has 0 amide bonds. The van der Waals surface area contributed by atoms with Crippen molar-refractivity contribution in [3.05, 3.63) is 167 Å². The molecule has 2 aliphatic rings. The van der Waals surface area contributed by atoms with Gasteiger partial charge in [-0.25, -0.2) is 4.98 Å². The van der Waals surface area contributed by atoms with E-state index in [0.29, 0.717) is 0 Å². The Labute approximate surface area is 285 Å². The van der Waals surface area contributed by atoms with Crippen LogP contribution in [0.5, 0.6) is 0 Å². The highest BCUT2D eigenvalue weighted by Gasteiger charge is 2.36. The van der Waals surface area contributed by atoms with Crippen molar-refractivity contribution in [1.82, 2.24) is 9.38 Å². The minimum atomic E-state index is -0.0639. The van der Waals surface area contributed by atoms with Crippen molar-refractivity contribution in [3.63, 3.8) is 0 Å². The number of rotatable bonds is 4. The summed E-state index contributed by atoms with van der Waals surface area (Å²) in [4.78, 5) is 5.16. The van der Waals surface area contributed by atoms with E-state index in [9.17, 15) is 0 Å². The molecular formula is C46H34N2O. The fourth-order valence-electron chi connectivity index (χ4n) is 8.26. The maximum atomic E-state index is 6.83. The Morgan fingerprint density at radius 2 is 1.37 bits per heavy atom. The molecule has 5 aromatic carbocycles. The third-order valence-corrected chi connectivity index (χ3v) is 10.7. The van der Waals surface area contributed by atoms with Crippen molar-refractivity contribution in [2.75, 3.05) is 0 Å². The molecule has 10 rings (SSSR count). The molecule has 2 aliphatic carbocycles. The Morgan fingerprint density at radius 1 is 0.633 bits per heavy atom. The maximum Gasteiger partial charge on any atom is 0.138 e. The van der Waals surface area contributed by atoms with Crippen molar-refractivity contribution in [2.45, 2.75) is 32.1 Å². The van der Waals surface area contributed by atoms with Gasteiger partial charge in [-0.05, 0) is 82.1 Å². The molecule has 0 N–H and O–H groups in total. The van der Waals surface area contributed by atoms with E-state index in [2.05, 4.69) is 164 Å². The number of hydrogen-bond donors (Lipinski definition) is 0. The van der Waals surface area contributed by atoms with E-state index in [1.54, 1.807) is 0 Å². The van der Waals surface area contributed by atoms with E-state index in [0.717, 1.165) is 52.0 Å². The lowest BCUT2D eigenvalue weighted by atomic mass is 9.82. The normalized spacial score (nSPS) is 14.4. The van der Waals surface area contributed by atoms with Gasteiger partial charge in [-0.15, -0.1) is 0 Å². The monoisotopic (exact) mass is 630 g/mol. The summed E-state index contributed by atoms with van der Waals surface area (Å²) < 4.78 is 9.05. The summed E-state index contributed by atoms with van der Waals surface area (Å²) in [6, 6.07) is 48.0. The summed E-state index contributed by atoms with van der Waals surface area (Å²) in [5, 5.41) is 2.43. The number of furan rings is 1. The van der Waals surface area contributed by atoms with Gasteiger partial charge in [0, 0.05) is 38.9 Å². The first-order valence-electron chi connectivity index (χ1n) is 17.2. The van der Waals surface area contributed by atoms with Crippen LogP contribution >= 0.6 is 0 Å². The van der Waals surface area contributed by atoms with Crippen LogP contribution in [-0.4, -0.2) is 9.38 Å². The number of benzene rings is 5. The molecule has 3 aromatic heterocycles. The SMILES string of the molecule is CC1(C)c2ccccc2-c2cc3c4c(oc3cc21)=C(c1cccc(-c2c(-c3ccc(-c5ccccc5)cc3)nc3ccccn23)c1)CCC=4. The summed E-state index contributed by atoms with van der Waals surface area (Å²) in [5.74, 6) is 0. The molecule has 0 bridgehead atoms. The Morgan fingerprint density at radius 3 is 2.24 bits per heavy atom. The summed E-state index contributed by atoms with van der Waals surface area (Å²) in [7, 11) is 0. The predicted molar refractivity (Wildman–Crippen MR) is 201 cm³/mol. The van der Waals surface area contributed by atoms with E-state index in [1.807, 2.05) is 0 Å². The van der Waals surface area contributed by atoms with Crippen molar-refractivity contribution >= 4 is 28.3 Å². The quantitative estimate of drug-likeness (QED) is 0.194. The highest BCUT2D eigenvalue weighted by molar-refractivity contribution is 5.93. The molecule has 3 heterocycles. The largest absolute Gasteiger partial charge is 0.456 e. The zero-order valence-corrected chi connectivity index (χ0v) is 27.6. The average Bonchev–Trinajstić information content (AvgIpc) is 3.79. The van der Waals surface area contributed by atoms with Crippen molar-refractivity contribution in [1.29, 1.82) is 0 Å². The number of fused-ring (bicyclic) bond motifs is 7. The van der Waals surface area contributed by atoms with Gasteiger partial charge < -0.3 is 4.42 Å². The van der Waals surface area contributed by atoms with Gasteiger partial charge in [0.15, 0.2) is 0 Å². The molecule has 0 unspecified atom stereocenters. The second-order valence-electron chi connectivity index (χ2n) is 13.9. The molecule has 49 heavy (non-hydrogen) atoms. The molecule has 3 heteroatoms. The van der Waals surface area contributed by atoms with E-state index in [-0.39, 0.29) is 5.41 Å². The Balaban J connectivity index is 1.13. The average molecular weight is 631 g/mol. The number of nitrogens with zero attached hydrogens (tertiary/aromatic N) is 2. The predicted octanol–water partition coefficient (Wildman–Crippen LogP) is 10.2. The van der Waals surface area contributed by atoms with Crippen LogP contribution in [0, 0.1) is 0 Å². The highest BCUT2D eigenvalue weighted by Crippen LogP contribution is 2.49. The third kappa shape index (κ3) is 4.25. The number of imidazole rings is 1. The molecule has 0 atom stereocenters. The third-order valence-electron chi connectivity index (χ3n) is 10.7. The zero-order chi connectivity index (χ0) is 32.7. The van der Waals surface area contributed by atoms with Crippen LogP contribution in [0.3, 0.4) is 0 Å². The van der Waals surface area contributed by atoms with Crippen molar-refractivity contribution in [3.8, 4) is 44.8 Å². The van der Waals surface area contributed by atoms with E-state index in [4.69, 9.17) is 9.40 Å². The fraction of sp³-hybridized carbons (Fsp3) is 0.109. The molecule has 3 nitrogen and oxygen atoms in total. The van der Waals surface area contributed by atoms with Gasteiger partial charge in [0.05, 0.1) is 11.4 Å². The smallest absolute Gasteiger partial charge is 0.138 e. The number of hydrogen-bond acceptors (Lipinski definition) is 2. The first-order chi connectivity index (χ1) is 24.0. The Bertz CT molecular complexity index is 2730. The van der Waals surface area contributed by atoms with E-state index in [1.165, 1.54) is 55.1 Å². The van der Waals surface area contributed by atoms with Gasteiger partial charge >= 0.3 is 0 Å². The van der Waals surface area contributed by atoms with Crippen LogP contribution in [0.1, 0.15) is 43.4 Å². The van der Waals surface area contributed by atoms with Gasteiger partial charge in [0.25, 0.3) is 0 Å². The number of pyridine rings is 1. The van der Waals surface area contributed by atoms with Crippen LogP contribution in [-0.2, 0) is 5.41 Å². The lowest BCUT2D eigenvalue weighted by Crippen LogP contribution is -2.26. The standard InChI is InChI=1S/C46H34N2O/c1-46(2)39-19-7-6-16-35(39)37-27-38-36-18-11-17-34(45(36)49-41(38)28-40(37)46)32-14-10-15-33(26-32)44-43(47-42-20-8-9-25-48(42)44)31-23-21-30(22-24-31)29-12-4-3-5-13-29/h3-10,12-16,18-28H,11,17H2,1-2H3. The molecule has 0 aliphatic heterocycles. The Kier molecular flexibility index (Phi) is 6.05. The van der Waals surface area contributed by atoms with Crippen LogP contribution in [0.15, 0.2) is 144 Å².